The van der Waals surface area contributed by atoms with Crippen LogP contribution in [0.2, 0.25) is 0 Å². The molecule has 0 aliphatic rings. The number of anilines is 1. The fraction of sp³-hybridized carbons (Fsp3) is 0.600. The van der Waals surface area contributed by atoms with Crippen molar-refractivity contribution in [3.8, 4) is 0 Å². The number of hydrogen-bond acceptors (Lipinski definition) is 3. The number of nitrogens with one attached hydrogen (secondary N) is 1. The normalized spacial score (nSPS) is 9.67. The quantitative estimate of drug-likeness (QED) is 0.583. The average molecular weight is 126 g/mol. The first-order valence-corrected chi connectivity index (χ1v) is 2.79. The SMILES string of the molecule is CNc1nnc(C)n1C. The summed E-state index contributed by atoms with van der Waals surface area (Å²) in [7, 11) is 3.74. The molecular formula is C5H10N4. The van der Waals surface area contributed by atoms with E-state index < -0.39 is 0 Å². The maximum absolute atomic E-state index is 3.84. The minimum atomic E-state index is 0.799. The fourth-order valence-corrected chi connectivity index (χ4v) is 0.625. The van der Waals surface area contributed by atoms with Crippen molar-refractivity contribution in [1.29, 1.82) is 0 Å². The van der Waals surface area contributed by atoms with E-state index in [1.165, 1.54) is 0 Å². The Hall–Kier alpha value is -1.06. The van der Waals surface area contributed by atoms with Gasteiger partial charge in [-0.25, -0.2) is 0 Å². The van der Waals surface area contributed by atoms with Crippen LogP contribution in [0.15, 0.2) is 0 Å². The Labute approximate surface area is 53.9 Å². The highest BCUT2D eigenvalue weighted by molar-refractivity contribution is 5.22. The summed E-state index contributed by atoms with van der Waals surface area (Å²) in [6.07, 6.45) is 0. The first kappa shape index (κ1) is 6.07. The zero-order valence-electron chi connectivity index (χ0n) is 5.84. The molecule has 0 saturated heterocycles. The van der Waals surface area contributed by atoms with E-state index in [-0.39, 0.29) is 0 Å². The van der Waals surface area contributed by atoms with Gasteiger partial charge in [-0.3, -0.25) is 0 Å². The van der Waals surface area contributed by atoms with Gasteiger partial charge in [-0.15, -0.1) is 10.2 Å². The molecule has 0 bridgehead atoms. The average Bonchev–Trinajstić information content (AvgIpc) is 2.15. The van der Waals surface area contributed by atoms with E-state index in [1.807, 2.05) is 25.6 Å². The molecule has 0 aromatic carbocycles. The molecule has 0 unspecified atom stereocenters. The molecule has 0 atom stereocenters. The molecule has 0 spiro atoms. The van der Waals surface area contributed by atoms with Gasteiger partial charge in [0.25, 0.3) is 0 Å². The lowest BCUT2D eigenvalue weighted by Gasteiger charge is -1.96. The minimum Gasteiger partial charge on any atom is -0.357 e. The lowest BCUT2D eigenvalue weighted by atomic mass is 10.7. The number of rotatable bonds is 1. The van der Waals surface area contributed by atoms with Crippen LogP contribution in [0.25, 0.3) is 0 Å². The Morgan fingerprint density at radius 1 is 1.44 bits per heavy atom. The van der Waals surface area contributed by atoms with Crippen molar-refractivity contribution in [3.05, 3.63) is 5.82 Å². The van der Waals surface area contributed by atoms with Gasteiger partial charge in [-0.05, 0) is 6.92 Å². The van der Waals surface area contributed by atoms with Crippen LogP contribution in [0.3, 0.4) is 0 Å². The van der Waals surface area contributed by atoms with Crippen LogP contribution in [0.5, 0.6) is 0 Å². The summed E-state index contributed by atoms with van der Waals surface area (Å²) in [6, 6.07) is 0. The van der Waals surface area contributed by atoms with Gasteiger partial charge in [0.2, 0.25) is 5.95 Å². The van der Waals surface area contributed by atoms with Crippen molar-refractivity contribution in [2.45, 2.75) is 6.92 Å². The molecule has 0 fully saturated rings. The predicted molar refractivity (Wildman–Crippen MR) is 35.3 cm³/mol. The maximum atomic E-state index is 3.84. The fourth-order valence-electron chi connectivity index (χ4n) is 0.625. The number of aryl methyl sites for hydroxylation is 1. The molecule has 4 heteroatoms. The van der Waals surface area contributed by atoms with Crippen molar-refractivity contribution >= 4 is 5.95 Å². The van der Waals surface area contributed by atoms with Crippen LogP contribution in [0.1, 0.15) is 5.82 Å². The van der Waals surface area contributed by atoms with Crippen molar-refractivity contribution in [1.82, 2.24) is 14.8 Å². The Morgan fingerprint density at radius 2 is 2.11 bits per heavy atom. The molecule has 0 aliphatic heterocycles. The van der Waals surface area contributed by atoms with E-state index in [9.17, 15) is 0 Å². The highest BCUT2D eigenvalue weighted by atomic mass is 15.3. The summed E-state index contributed by atoms with van der Waals surface area (Å²) < 4.78 is 1.89. The van der Waals surface area contributed by atoms with Crippen LogP contribution in [-0.2, 0) is 7.05 Å². The maximum Gasteiger partial charge on any atom is 0.224 e. The van der Waals surface area contributed by atoms with Gasteiger partial charge >= 0.3 is 0 Å². The topological polar surface area (TPSA) is 42.7 Å². The summed E-state index contributed by atoms with van der Waals surface area (Å²) in [6.45, 7) is 1.91. The third kappa shape index (κ3) is 0.872. The van der Waals surface area contributed by atoms with Crippen molar-refractivity contribution in [2.75, 3.05) is 12.4 Å². The van der Waals surface area contributed by atoms with E-state index in [0.717, 1.165) is 11.8 Å². The summed E-state index contributed by atoms with van der Waals surface area (Å²) in [5.74, 6) is 1.71. The van der Waals surface area contributed by atoms with Gasteiger partial charge in [-0.2, -0.15) is 0 Å². The Kier molecular flexibility index (Phi) is 1.38. The van der Waals surface area contributed by atoms with Crippen LogP contribution in [0.4, 0.5) is 5.95 Å². The Bertz CT molecular complexity index is 203. The van der Waals surface area contributed by atoms with Gasteiger partial charge in [0.05, 0.1) is 0 Å². The van der Waals surface area contributed by atoms with Crippen LogP contribution in [-0.4, -0.2) is 21.8 Å². The van der Waals surface area contributed by atoms with E-state index in [2.05, 4.69) is 15.5 Å². The van der Waals surface area contributed by atoms with E-state index >= 15 is 0 Å². The second-order valence-electron chi connectivity index (χ2n) is 1.88. The van der Waals surface area contributed by atoms with Crippen molar-refractivity contribution in [2.24, 2.45) is 7.05 Å². The Morgan fingerprint density at radius 3 is 2.33 bits per heavy atom. The summed E-state index contributed by atoms with van der Waals surface area (Å²) in [5.41, 5.74) is 0. The third-order valence-corrected chi connectivity index (χ3v) is 1.32. The zero-order chi connectivity index (χ0) is 6.85. The van der Waals surface area contributed by atoms with Crippen LogP contribution < -0.4 is 5.32 Å². The van der Waals surface area contributed by atoms with E-state index in [4.69, 9.17) is 0 Å². The number of nitrogens with zero attached hydrogens (tertiary/aromatic N) is 3. The third-order valence-electron chi connectivity index (χ3n) is 1.32. The first-order chi connectivity index (χ1) is 4.25. The molecule has 1 aromatic rings. The molecular weight excluding hydrogens is 116 g/mol. The standard InChI is InChI=1S/C5H10N4/c1-4-7-8-5(6-2)9(4)3/h1-3H3,(H,6,8). The second-order valence-corrected chi connectivity index (χ2v) is 1.88. The Balaban J connectivity index is 3.04. The lowest BCUT2D eigenvalue weighted by Crippen LogP contribution is -1.98. The highest BCUT2D eigenvalue weighted by Gasteiger charge is 1.98. The molecule has 1 N–H and O–H groups in total. The van der Waals surface area contributed by atoms with Gasteiger partial charge in [-0.1, -0.05) is 0 Å². The number of hydrogen-bond donors (Lipinski definition) is 1. The molecule has 1 aromatic heterocycles. The molecule has 0 aliphatic carbocycles. The van der Waals surface area contributed by atoms with Crippen LogP contribution >= 0.6 is 0 Å². The molecule has 0 amide bonds. The van der Waals surface area contributed by atoms with Crippen molar-refractivity contribution in [3.63, 3.8) is 0 Å². The second kappa shape index (κ2) is 2.05. The predicted octanol–water partition coefficient (Wildman–Crippen LogP) is 0.165. The largest absolute Gasteiger partial charge is 0.357 e. The van der Waals surface area contributed by atoms with E-state index in [0.29, 0.717) is 0 Å². The zero-order valence-corrected chi connectivity index (χ0v) is 5.84. The summed E-state index contributed by atoms with van der Waals surface area (Å²) in [4.78, 5) is 0. The summed E-state index contributed by atoms with van der Waals surface area (Å²) in [5, 5.41) is 10.6. The highest BCUT2D eigenvalue weighted by Crippen LogP contribution is 2.00. The molecule has 0 radical (unpaired) electrons. The first-order valence-electron chi connectivity index (χ1n) is 2.79. The van der Waals surface area contributed by atoms with Gasteiger partial charge in [0, 0.05) is 14.1 Å². The van der Waals surface area contributed by atoms with Gasteiger partial charge in [0.15, 0.2) is 0 Å². The summed E-state index contributed by atoms with van der Waals surface area (Å²) >= 11 is 0. The molecule has 1 rings (SSSR count). The molecule has 4 nitrogen and oxygen atoms in total. The van der Waals surface area contributed by atoms with Crippen molar-refractivity contribution < 1.29 is 0 Å². The van der Waals surface area contributed by atoms with E-state index in [1.54, 1.807) is 0 Å². The molecule has 0 saturated carbocycles. The van der Waals surface area contributed by atoms with Gasteiger partial charge in [0.1, 0.15) is 5.82 Å². The minimum absolute atomic E-state index is 0.799. The molecule has 1 heterocycles. The number of aromatic nitrogens is 3. The molecule has 9 heavy (non-hydrogen) atoms. The lowest BCUT2D eigenvalue weighted by molar-refractivity contribution is 0.863. The van der Waals surface area contributed by atoms with Crippen LogP contribution in [0, 0.1) is 6.92 Å². The smallest absolute Gasteiger partial charge is 0.224 e. The van der Waals surface area contributed by atoms with Gasteiger partial charge < -0.3 is 9.88 Å². The molecule has 50 valence electrons. The monoisotopic (exact) mass is 126 g/mol.